The third kappa shape index (κ3) is 5.41. The van der Waals surface area contributed by atoms with Crippen molar-refractivity contribution < 1.29 is 4.39 Å². The van der Waals surface area contributed by atoms with Crippen LogP contribution in [0.5, 0.6) is 0 Å². The third-order valence-corrected chi connectivity index (χ3v) is 8.10. The van der Waals surface area contributed by atoms with Gasteiger partial charge in [0.15, 0.2) is 0 Å². The van der Waals surface area contributed by atoms with E-state index in [1.54, 1.807) is 12.3 Å². The molecule has 4 N–H and O–H groups in total. The summed E-state index contributed by atoms with van der Waals surface area (Å²) < 4.78 is 14.0. The number of pyridine rings is 2. The molecule has 0 unspecified atom stereocenters. The monoisotopic (exact) mass is 561 g/mol. The molecule has 1 saturated carbocycles. The number of hydrogen-bond donors (Lipinski definition) is 4. The summed E-state index contributed by atoms with van der Waals surface area (Å²) >= 11 is 6.79. The maximum absolute atomic E-state index is 14.0. The number of hydrogen-bond acceptors (Lipinski definition) is 7. The molecular weight excluding hydrogens is 525 g/mol. The molecule has 1 atom stereocenters. The van der Waals surface area contributed by atoms with Crippen molar-refractivity contribution in [3.05, 3.63) is 70.2 Å². The highest BCUT2D eigenvalue weighted by Crippen LogP contribution is 2.48. The molecule has 3 aromatic rings. The van der Waals surface area contributed by atoms with E-state index < -0.39 is 5.95 Å². The molecular formula is C31H37ClFN7. The van der Waals surface area contributed by atoms with Gasteiger partial charge in [0.25, 0.3) is 0 Å². The lowest BCUT2D eigenvalue weighted by Crippen LogP contribution is -2.47. The van der Waals surface area contributed by atoms with Crippen LogP contribution in [-0.2, 0) is 0 Å². The fourth-order valence-electron chi connectivity index (χ4n) is 5.27. The van der Waals surface area contributed by atoms with Gasteiger partial charge >= 0.3 is 0 Å². The highest BCUT2D eigenvalue weighted by Gasteiger charge is 2.51. The van der Waals surface area contributed by atoms with Crippen LogP contribution < -0.4 is 21.6 Å². The average Bonchev–Trinajstić information content (AvgIpc) is 3.56. The van der Waals surface area contributed by atoms with Crippen molar-refractivity contribution in [2.24, 2.45) is 11.3 Å². The Hall–Kier alpha value is -3.54. The largest absolute Gasteiger partial charge is 0.383 e. The first-order valence-corrected chi connectivity index (χ1v) is 14.0. The molecule has 1 aromatic carbocycles. The van der Waals surface area contributed by atoms with Gasteiger partial charge in [0, 0.05) is 41.3 Å². The maximum Gasteiger partial charge on any atom is 0.213 e. The Morgan fingerprint density at radius 3 is 2.62 bits per heavy atom. The van der Waals surface area contributed by atoms with Crippen LogP contribution in [-0.4, -0.2) is 27.1 Å². The van der Waals surface area contributed by atoms with E-state index in [1.165, 1.54) is 6.07 Å². The number of benzene rings is 1. The lowest BCUT2D eigenvalue weighted by Gasteiger charge is -2.30. The van der Waals surface area contributed by atoms with Crippen molar-refractivity contribution in [3.8, 4) is 12.3 Å². The van der Waals surface area contributed by atoms with Gasteiger partial charge in [0.2, 0.25) is 5.95 Å². The SMILES string of the molecule is C#Cc1cnc2c(Cl)cc(N[C@H](C3=CN(C4(C(C)C)CC4)NN3)c3ccc(F)nc3C)cc2c1NCC(C)(C)C. The average molecular weight is 562 g/mol. The number of rotatable bonds is 8. The summed E-state index contributed by atoms with van der Waals surface area (Å²) in [5, 5.41) is 10.7. The number of terminal acetylenes is 1. The molecule has 7 nitrogen and oxygen atoms in total. The van der Waals surface area contributed by atoms with Crippen LogP contribution in [0.4, 0.5) is 15.8 Å². The second-order valence-electron chi connectivity index (χ2n) is 12.3. The quantitative estimate of drug-likeness (QED) is 0.180. The van der Waals surface area contributed by atoms with Crippen molar-refractivity contribution in [2.75, 3.05) is 17.2 Å². The molecule has 5 rings (SSSR count). The van der Waals surface area contributed by atoms with Crippen LogP contribution in [0.1, 0.15) is 70.3 Å². The van der Waals surface area contributed by atoms with Crippen molar-refractivity contribution in [2.45, 2.75) is 66.0 Å². The number of hydrazine groups is 2. The second kappa shape index (κ2) is 10.5. The minimum Gasteiger partial charge on any atom is -0.383 e. The molecule has 2 aromatic heterocycles. The van der Waals surface area contributed by atoms with Gasteiger partial charge in [0.1, 0.15) is 0 Å². The van der Waals surface area contributed by atoms with Crippen LogP contribution in [0.2, 0.25) is 5.02 Å². The lowest BCUT2D eigenvalue weighted by atomic mass is 9.96. The van der Waals surface area contributed by atoms with E-state index in [-0.39, 0.29) is 17.0 Å². The lowest BCUT2D eigenvalue weighted by molar-refractivity contribution is 0.134. The zero-order valence-electron chi connectivity index (χ0n) is 23.9. The first kappa shape index (κ1) is 28.0. The molecule has 0 bridgehead atoms. The molecule has 0 spiro atoms. The van der Waals surface area contributed by atoms with Crippen LogP contribution in [0.25, 0.3) is 10.9 Å². The normalized spacial score (nSPS) is 16.9. The van der Waals surface area contributed by atoms with E-state index in [9.17, 15) is 4.39 Å². The molecule has 210 valence electrons. The minimum absolute atomic E-state index is 0.0354. The molecule has 0 saturated heterocycles. The Balaban J connectivity index is 1.58. The van der Waals surface area contributed by atoms with Crippen LogP contribution >= 0.6 is 11.6 Å². The van der Waals surface area contributed by atoms with E-state index in [4.69, 9.17) is 18.0 Å². The van der Waals surface area contributed by atoms with Crippen LogP contribution in [0.3, 0.4) is 0 Å². The summed E-state index contributed by atoms with van der Waals surface area (Å²) in [5.74, 6) is 2.72. The van der Waals surface area contributed by atoms with Gasteiger partial charge in [-0.3, -0.25) is 9.99 Å². The molecule has 1 aliphatic carbocycles. The highest BCUT2D eigenvalue weighted by molar-refractivity contribution is 6.35. The number of fused-ring (bicyclic) bond motifs is 1. The maximum atomic E-state index is 14.0. The Morgan fingerprint density at radius 2 is 2.00 bits per heavy atom. The van der Waals surface area contributed by atoms with Gasteiger partial charge in [-0.2, -0.15) is 4.39 Å². The van der Waals surface area contributed by atoms with Crippen molar-refractivity contribution in [1.29, 1.82) is 0 Å². The summed E-state index contributed by atoms with van der Waals surface area (Å²) in [7, 11) is 0. The topological polar surface area (TPSA) is 77.1 Å². The first-order valence-electron chi connectivity index (χ1n) is 13.7. The standard InChI is InChI=1S/C31H37ClFN7/c1-8-20-15-34-28-23(27(20)35-17-30(5,6)7)13-21(14-24(28)32)37-29(22-9-10-26(33)36-19(22)4)25-16-40(39-38-25)31(11-12-31)18(2)3/h1,9-10,13-16,18,29,37-39H,11-12,17H2,2-7H3,(H,34,35)/t29-/m0/s1. The van der Waals surface area contributed by atoms with Crippen LogP contribution in [0.15, 0.2) is 42.4 Å². The van der Waals surface area contributed by atoms with Gasteiger partial charge < -0.3 is 16.1 Å². The summed E-state index contributed by atoms with van der Waals surface area (Å²) in [5.41, 5.74) is 12.1. The smallest absolute Gasteiger partial charge is 0.213 e. The fourth-order valence-corrected chi connectivity index (χ4v) is 5.54. The Labute approximate surface area is 240 Å². The summed E-state index contributed by atoms with van der Waals surface area (Å²) in [6.45, 7) is 13.5. The van der Waals surface area contributed by atoms with E-state index in [2.05, 4.69) is 83.3 Å². The second-order valence-corrected chi connectivity index (χ2v) is 12.7. The van der Waals surface area contributed by atoms with Crippen molar-refractivity contribution in [3.63, 3.8) is 0 Å². The highest BCUT2D eigenvalue weighted by atomic mass is 35.5. The van der Waals surface area contributed by atoms with Gasteiger partial charge in [-0.25, -0.2) is 4.98 Å². The molecule has 9 heteroatoms. The van der Waals surface area contributed by atoms with Crippen molar-refractivity contribution >= 4 is 33.9 Å². The van der Waals surface area contributed by atoms with Gasteiger partial charge in [-0.15, -0.1) is 12.0 Å². The number of aromatic nitrogens is 2. The van der Waals surface area contributed by atoms with E-state index in [1.807, 2.05) is 19.1 Å². The molecule has 3 heterocycles. The predicted molar refractivity (Wildman–Crippen MR) is 161 cm³/mol. The van der Waals surface area contributed by atoms with E-state index in [0.29, 0.717) is 27.7 Å². The third-order valence-electron chi connectivity index (χ3n) is 7.81. The number of halogens is 2. The predicted octanol–water partition coefficient (Wildman–Crippen LogP) is 6.68. The van der Waals surface area contributed by atoms with Crippen molar-refractivity contribution in [1.82, 2.24) is 25.9 Å². The Kier molecular flexibility index (Phi) is 7.32. The van der Waals surface area contributed by atoms with Gasteiger partial charge in [-0.1, -0.05) is 58.2 Å². The Morgan fingerprint density at radius 1 is 1.25 bits per heavy atom. The molecule has 0 radical (unpaired) electrons. The molecule has 40 heavy (non-hydrogen) atoms. The summed E-state index contributed by atoms with van der Waals surface area (Å²) in [4.78, 5) is 8.67. The summed E-state index contributed by atoms with van der Waals surface area (Å²) in [6, 6.07) is 6.66. The molecule has 2 aliphatic rings. The van der Waals surface area contributed by atoms with E-state index >= 15 is 0 Å². The molecule has 1 aliphatic heterocycles. The number of aryl methyl sites for hydroxylation is 1. The number of anilines is 2. The van der Waals surface area contributed by atoms with Gasteiger partial charge in [-0.05, 0) is 49.3 Å². The first-order chi connectivity index (χ1) is 18.9. The van der Waals surface area contributed by atoms with E-state index in [0.717, 1.165) is 47.4 Å². The summed E-state index contributed by atoms with van der Waals surface area (Å²) in [6.07, 6.45) is 11.9. The minimum atomic E-state index is -0.513. The zero-order chi connectivity index (χ0) is 28.8. The fraction of sp³-hybridized carbons (Fsp3) is 0.419. The van der Waals surface area contributed by atoms with Gasteiger partial charge in [0.05, 0.1) is 39.1 Å². The van der Waals surface area contributed by atoms with Crippen LogP contribution in [0, 0.1) is 36.5 Å². The molecule has 0 amide bonds. The zero-order valence-corrected chi connectivity index (χ0v) is 24.7. The Bertz CT molecular complexity index is 1510. The number of nitrogens with zero attached hydrogens (tertiary/aromatic N) is 3. The molecule has 1 fully saturated rings. The number of nitrogens with one attached hydrogen (secondary N) is 4.